The van der Waals surface area contributed by atoms with Crippen LogP contribution < -0.4 is 5.32 Å². The largest absolute Gasteiger partial charge is 0.477 e. The number of ether oxygens (including phenoxy) is 1. The topological polar surface area (TPSA) is 63.5 Å². The zero-order valence-corrected chi connectivity index (χ0v) is 13.5. The van der Waals surface area contributed by atoms with Gasteiger partial charge in [0.05, 0.1) is 0 Å². The molecule has 5 nitrogen and oxygen atoms in total. The molecule has 0 aliphatic carbocycles. The van der Waals surface area contributed by atoms with Crippen LogP contribution in [-0.4, -0.2) is 42.4 Å². The van der Waals surface area contributed by atoms with Crippen molar-refractivity contribution in [1.29, 1.82) is 0 Å². The normalized spacial score (nSPS) is 17.4. The number of carbonyl (C=O) groups is 1. The molecule has 2 heterocycles. The first-order valence-corrected chi connectivity index (χ1v) is 8.25. The summed E-state index contributed by atoms with van der Waals surface area (Å²) < 4.78 is 7.33. The van der Waals surface area contributed by atoms with E-state index in [9.17, 15) is 9.90 Å². The monoisotopic (exact) mass is 316 g/mol. The Bertz CT molecular complexity index is 674. The first kappa shape index (κ1) is 16.0. The van der Waals surface area contributed by atoms with E-state index < -0.39 is 5.97 Å². The summed E-state index contributed by atoms with van der Waals surface area (Å²) >= 11 is 0. The van der Waals surface area contributed by atoms with Gasteiger partial charge in [0.1, 0.15) is 5.69 Å². The van der Waals surface area contributed by atoms with Crippen LogP contribution in [0.5, 0.6) is 0 Å². The van der Waals surface area contributed by atoms with Crippen molar-refractivity contribution in [3.05, 3.63) is 36.0 Å². The van der Waals surface area contributed by atoms with Gasteiger partial charge in [-0.15, -0.1) is 0 Å². The summed E-state index contributed by atoms with van der Waals surface area (Å²) in [5.74, 6) is -0.391. The van der Waals surface area contributed by atoms with Crippen LogP contribution in [0, 0.1) is 5.92 Å². The Morgan fingerprint density at radius 3 is 2.83 bits per heavy atom. The van der Waals surface area contributed by atoms with Gasteiger partial charge in [-0.1, -0.05) is 18.2 Å². The first-order chi connectivity index (χ1) is 11.2. The van der Waals surface area contributed by atoms with Gasteiger partial charge < -0.3 is 19.7 Å². The molecule has 5 heteroatoms. The van der Waals surface area contributed by atoms with E-state index in [-0.39, 0.29) is 6.04 Å². The highest BCUT2D eigenvalue weighted by Crippen LogP contribution is 2.34. The van der Waals surface area contributed by atoms with Gasteiger partial charge in [-0.3, -0.25) is 0 Å². The number of aromatic nitrogens is 1. The number of rotatable bonds is 6. The second-order valence-corrected chi connectivity index (χ2v) is 6.20. The third-order valence-electron chi connectivity index (χ3n) is 4.84. The average Bonchev–Trinajstić information content (AvgIpc) is 2.96. The Labute approximate surface area is 136 Å². The summed E-state index contributed by atoms with van der Waals surface area (Å²) in [5, 5.41) is 14.1. The highest BCUT2D eigenvalue weighted by atomic mass is 16.5. The van der Waals surface area contributed by atoms with Crippen molar-refractivity contribution >= 4 is 16.9 Å². The van der Waals surface area contributed by atoms with Gasteiger partial charge in [-0.2, -0.15) is 0 Å². The van der Waals surface area contributed by atoms with Crippen molar-refractivity contribution < 1.29 is 14.6 Å². The molecule has 1 aromatic carbocycles. The molecule has 3 rings (SSSR count). The van der Waals surface area contributed by atoms with Crippen LogP contribution in [0.2, 0.25) is 0 Å². The molecule has 0 spiro atoms. The molecule has 0 amide bonds. The van der Waals surface area contributed by atoms with E-state index >= 15 is 0 Å². The summed E-state index contributed by atoms with van der Waals surface area (Å²) in [4.78, 5) is 11.8. The minimum Gasteiger partial charge on any atom is -0.477 e. The molecule has 2 aromatic rings. The molecular weight excluding hydrogens is 292 g/mol. The molecule has 0 radical (unpaired) electrons. The number of carboxylic acid groups (broad SMARTS) is 1. The number of carboxylic acids is 1. The van der Waals surface area contributed by atoms with Gasteiger partial charge in [-0.05, 0) is 50.4 Å². The Balaban J connectivity index is 2.07. The SMILES string of the molecule is COCCC(C1CCNCC1)n1c(C(=O)O)cc2ccccc21. The van der Waals surface area contributed by atoms with Crippen molar-refractivity contribution in [3.8, 4) is 0 Å². The fourth-order valence-electron chi connectivity index (χ4n) is 3.74. The molecule has 1 unspecified atom stereocenters. The molecular formula is C18H24N2O3. The van der Waals surface area contributed by atoms with Crippen LogP contribution in [0.3, 0.4) is 0 Å². The molecule has 2 N–H and O–H groups in total. The molecule has 1 aliphatic rings. The maximum absolute atomic E-state index is 11.8. The van der Waals surface area contributed by atoms with E-state index in [1.807, 2.05) is 28.8 Å². The number of hydrogen-bond donors (Lipinski definition) is 2. The number of para-hydroxylation sites is 1. The summed E-state index contributed by atoms with van der Waals surface area (Å²) in [7, 11) is 1.70. The molecule has 1 aliphatic heterocycles. The fraction of sp³-hybridized carbons (Fsp3) is 0.500. The van der Waals surface area contributed by atoms with Crippen LogP contribution in [-0.2, 0) is 4.74 Å². The van der Waals surface area contributed by atoms with Gasteiger partial charge in [0.25, 0.3) is 0 Å². The highest BCUT2D eigenvalue weighted by Gasteiger charge is 2.29. The summed E-state index contributed by atoms with van der Waals surface area (Å²) in [6.45, 7) is 2.63. The van der Waals surface area contributed by atoms with E-state index in [4.69, 9.17) is 4.74 Å². The minimum absolute atomic E-state index is 0.156. The highest BCUT2D eigenvalue weighted by molar-refractivity contribution is 5.94. The standard InChI is InChI=1S/C18H24N2O3/c1-23-11-8-16(13-6-9-19-10-7-13)20-15-5-3-2-4-14(15)12-17(20)18(21)22/h2-5,12-13,16,19H,6-11H2,1H3,(H,21,22). The Morgan fingerprint density at radius 1 is 1.39 bits per heavy atom. The number of aromatic carboxylic acids is 1. The summed E-state index contributed by atoms with van der Waals surface area (Å²) in [6, 6.07) is 9.87. The molecule has 1 atom stereocenters. The van der Waals surface area contributed by atoms with Crippen molar-refractivity contribution in [1.82, 2.24) is 9.88 Å². The average molecular weight is 316 g/mol. The zero-order valence-electron chi connectivity index (χ0n) is 13.5. The lowest BCUT2D eigenvalue weighted by Gasteiger charge is -2.33. The Morgan fingerprint density at radius 2 is 2.13 bits per heavy atom. The third-order valence-corrected chi connectivity index (χ3v) is 4.84. The van der Waals surface area contributed by atoms with E-state index in [0.717, 1.165) is 43.3 Å². The van der Waals surface area contributed by atoms with Crippen molar-refractivity contribution in [2.75, 3.05) is 26.8 Å². The Kier molecular flexibility index (Phi) is 4.98. The van der Waals surface area contributed by atoms with Crippen LogP contribution in [0.1, 0.15) is 35.8 Å². The predicted octanol–water partition coefficient (Wildman–Crippen LogP) is 2.92. The van der Waals surface area contributed by atoms with E-state index in [1.54, 1.807) is 13.2 Å². The number of nitrogens with zero attached hydrogens (tertiary/aromatic N) is 1. The number of hydrogen-bond acceptors (Lipinski definition) is 3. The number of fused-ring (bicyclic) bond motifs is 1. The molecule has 0 bridgehead atoms. The van der Waals surface area contributed by atoms with Crippen LogP contribution in [0.25, 0.3) is 10.9 Å². The fourth-order valence-corrected chi connectivity index (χ4v) is 3.74. The van der Waals surface area contributed by atoms with E-state index in [2.05, 4.69) is 5.32 Å². The number of piperidine rings is 1. The van der Waals surface area contributed by atoms with Crippen LogP contribution in [0.15, 0.2) is 30.3 Å². The lowest BCUT2D eigenvalue weighted by Crippen LogP contribution is -2.34. The summed E-state index contributed by atoms with van der Waals surface area (Å²) in [6.07, 6.45) is 2.97. The minimum atomic E-state index is -0.863. The maximum atomic E-state index is 11.8. The molecule has 0 saturated carbocycles. The van der Waals surface area contributed by atoms with E-state index in [0.29, 0.717) is 18.2 Å². The van der Waals surface area contributed by atoms with Crippen LogP contribution in [0.4, 0.5) is 0 Å². The quantitative estimate of drug-likeness (QED) is 0.860. The van der Waals surface area contributed by atoms with Crippen LogP contribution >= 0.6 is 0 Å². The van der Waals surface area contributed by atoms with Crippen molar-refractivity contribution in [3.63, 3.8) is 0 Å². The van der Waals surface area contributed by atoms with Gasteiger partial charge in [0, 0.05) is 30.7 Å². The van der Waals surface area contributed by atoms with Gasteiger partial charge in [0.15, 0.2) is 0 Å². The first-order valence-electron chi connectivity index (χ1n) is 8.25. The predicted molar refractivity (Wildman–Crippen MR) is 90.0 cm³/mol. The molecule has 1 saturated heterocycles. The number of methoxy groups -OCH3 is 1. The molecule has 23 heavy (non-hydrogen) atoms. The van der Waals surface area contributed by atoms with Gasteiger partial charge in [0.2, 0.25) is 0 Å². The second kappa shape index (κ2) is 7.15. The lowest BCUT2D eigenvalue weighted by atomic mass is 9.88. The maximum Gasteiger partial charge on any atom is 0.352 e. The Hall–Kier alpha value is -1.85. The molecule has 1 aromatic heterocycles. The third kappa shape index (κ3) is 3.26. The summed E-state index contributed by atoms with van der Waals surface area (Å²) in [5.41, 5.74) is 1.38. The lowest BCUT2D eigenvalue weighted by molar-refractivity contribution is 0.0675. The van der Waals surface area contributed by atoms with Crippen molar-refractivity contribution in [2.24, 2.45) is 5.92 Å². The molecule has 124 valence electrons. The number of benzene rings is 1. The van der Waals surface area contributed by atoms with Crippen molar-refractivity contribution in [2.45, 2.75) is 25.3 Å². The smallest absolute Gasteiger partial charge is 0.352 e. The van der Waals surface area contributed by atoms with Gasteiger partial charge in [-0.25, -0.2) is 4.79 Å². The van der Waals surface area contributed by atoms with Gasteiger partial charge >= 0.3 is 5.97 Å². The number of nitrogens with one attached hydrogen (secondary N) is 1. The second-order valence-electron chi connectivity index (χ2n) is 6.20. The molecule has 1 fully saturated rings. The van der Waals surface area contributed by atoms with E-state index in [1.165, 1.54) is 0 Å². The zero-order chi connectivity index (χ0) is 16.2.